The molecule has 0 spiro atoms. The maximum absolute atomic E-state index is 13.6. The number of aromatic nitrogens is 2. The number of nitrogens with one attached hydrogen (secondary N) is 1. The molecular formula is C22H23F2N3O3. The van der Waals surface area contributed by atoms with Crippen molar-refractivity contribution in [3.63, 3.8) is 0 Å². The summed E-state index contributed by atoms with van der Waals surface area (Å²) in [7, 11) is 0. The largest absolute Gasteiger partial charge is 0.444 e. The summed E-state index contributed by atoms with van der Waals surface area (Å²) in [5.74, 6) is 0.205. The van der Waals surface area contributed by atoms with Crippen LogP contribution in [0.4, 0.5) is 13.6 Å². The second-order valence-corrected chi connectivity index (χ2v) is 7.86. The number of carbonyl (C=O) groups excluding carboxylic acids is 1. The van der Waals surface area contributed by atoms with Crippen LogP contribution in [-0.4, -0.2) is 21.2 Å². The van der Waals surface area contributed by atoms with Gasteiger partial charge in [0.1, 0.15) is 11.4 Å². The number of benzene rings is 2. The predicted molar refractivity (Wildman–Crippen MR) is 110 cm³/mol. The van der Waals surface area contributed by atoms with Crippen molar-refractivity contribution >= 4 is 17.0 Å². The van der Waals surface area contributed by atoms with Crippen LogP contribution in [0, 0.1) is 0 Å². The Hall–Kier alpha value is -3.29. The number of nitrogens with zero attached hydrogens (tertiary/aromatic N) is 2. The van der Waals surface area contributed by atoms with Gasteiger partial charge in [0.05, 0.1) is 22.6 Å². The molecule has 158 valence electrons. The Bertz CT molecular complexity index is 1120. The van der Waals surface area contributed by atoms with Crippen LogP contribution in [0.1, 0.15) is 51.6 Å². The highest BCUT2D eigenvalue weighted by Crippen LogP contribution is 2.26. The number of rotatable bonds is 4. The van der Waals surface area contributed by atoms with Gasteiger partial charge in [-0.3, -0.25) is 9.36 Å². The SMILES string of the molecule is CC(NC(=O)OC(C)(C)C)c1nc2cccc(C(F)F)c2c(=O)n1-c1ccccc1. The zero-order chi connectivity index (χ0) is 22.1. The maximum atomic E-state index is 13.6. The van der Waals surface area contributed by atoms with E-state index >= 15 is 0 Å². The summed E-state index contributed by atoms with van der Waals surface area (Å²) < 4.78 is 33.6. The van der Waals surface area contributed by atoms with Crippen LogP contribution in [0.2, 0.25) is 0 Å². The number of para-hydroxylation sites is 1. The lowest BCUT2D eigenvalue weighted by Gasteiger charge is -2.23. The highest BCUT2D eigenvalue weighted by Gasteiger charge is 2.24. The van der Waals surface area contributed by atoms with Crippen molar-refractivity contribution in [2.45, 2.75) is 45.8 Å². The van der Waals surface area contributed by atoms with E-state index in [9.17, 15) is 18.4 Å². The zero-order valence-corrected chi connectivity index (χ0v) is 17.1. The molecular weight excluding hydrogens is 392 g/mol. The van der Waals surface area contributed by atoms with E-state index in [0.29, 0.717) is 5.69 Å². The summed E-state index contributed by atoms with van der Waals surface area (Å²) >= 11 is 0. The first kappa shape index (κ1) is 21.4. The lowest BCUT2D eigenvalue weighted by molar-refractivity contribution is 0.0505. The molecule has 1 N–H and O–H groups in total. The molecule has 0 aliphatic carbocycles. The Morgan fingerprint density at radius 1 is 1.10 bits per heavy atom. The standard InChI is InChI=1S/C22H23F2N3O3/c1-13(25-21(29)30-22(2,3)4)19-26-16-12-8-11-15(18(23)24)17(16)20(28)27(19)14-9-6-5-7-10-14/h5-13,18H,1-4H3,(H,25,29). The van der Waals surface area contributed by atoms with Crippen molar-refractivity contribution in [1.29, 1.82) is 0 Å². The van der Waals surface area contributed by atoms with E-state index in [-0.39, 0.29) is 22.3 Å². The number of alkyl halides is 2. The Labute approximate surface area is 172 Å². The Kier molecular flexibility index (Phi) is 5.87. The molecule has 0 aliphatic heterocycles. The topological polar surface area (TPSA) is 73.2 Å². The number of ether oxygens (including phenoxy) is 1. The summed E-state index contributed by atoms with van der Waals surface area (Å²) in [6.45, 7) is 6.85. The number of halogens is 2. The first-order valence-electron chi connectivity index (χ1n) is 9.47. The van der Waals surface area contributed by atoms with Crippen molar-refractivity contribution in [2.24, 2.45) is 0 Å². The van der Waals surface area contributed by atoms with Crippen LogP contribution >= 0.6 is 0 Å². The second kappa shape index (κ2) is 8.22. The molecule has 2 aromatic carbocycles. The first-order valence-corrected chi connectivity index (χ1v) is 9.47. The molecule has 0 aliphatic rings. The molecule has 6 nitrogen and oxygen atoms in total. The van der Waals surface area contributed by atoms with Gasteiger partial charge < -0.3 is 10.1 Å². The third kappa shape index (κ3) is 4.48. The van der Waals surface area contributed by atoms with Gasteiger partial charge >= 0.3 is 6.09 Å². The van der Waals surface area contributed by atoms with Crippen LogP contribution in [0.15, 0.2) is 53.3 Å². The van der Waals surface area contributed by atoms with Crippen LogP contribution in [0.5, 0.6) is 0 Å². The molecule has 0 saturated heterocycles. The summed E-state index contributed by atoms with van der Waals surface area (Å²) in [4.78, 5) is 30.0. The van der Waals surface area contributed by atoms with E-state index in [1.165, 1.54) is 22.8 Å². The number of carbonyl (C=O) groups is 1. The Balaban J connectivity index is 2.20. The van der Waals surface area contributed by atoms with E-state index in [2.05, 4.69) is 10.3 Å². The number of hydrogen-bond acceptors (Lipinski definition) is 4. The van der Waals surface area contributed by atoms with Gasteiger partial charge in [-0.2, -0.15) is 0 Å². The molecule has 30 heavy (non-hydrogen) atoms. The third-order valence-corrected chi connectivity index (χ3v) is 4.33. The monoisotopic (exact) mass is 415 g/mol. The van der Waals surface area contributed by atoms with E-state index < -0.39 is 29.7 Å². The van der Waals surface area contributed by atoms with Gasteiger partial charge in [0.2, 0.25) is 0 Å². The van der Waals surface area contributed by atoms with Gasteiger partial charge in [-0.1, -0.05) is 30.3 Å². The second-order valence-electron chi connectivity index (χ2n) is 7.86. The molecule has 1 atom stereocenters. The molecule has 0 radical (unpaired) electrons. The van der Waals surface area contributed by atoms with Gasteiger partial charge in [-0.25, -0.2) is 18.6 Å². The van der Waals surface area contributed by atoms with E-state index in [4.69, 9.17) is 4.74 Å². The molecule has 0 saturated carbocycles. The lowest BCUT2D eigenvalue weighted by atomic mass is 10.1. The fraction of sp³-hybridized carbons (Fsp3) is 0.318. The van der Waals surface area contributed by atoms with Crippen LogP contribution in [-0.2, 0) is 4.74 Å². The van der Waals surface area contributed by atoms with E-state index in [1.54, 1.807) is 58.0 Å². The summed E-state index contributed by atoms with van der Waals surface area (Å²) in [6.07, 6.45) is -3.50. The minimum absolute atomic E-state index is 0.137. The van der Waals surface area contributed by atoms with Crippen molar-refractivity contribution in [1.82, 2.24) is 14.9 Å². The van der Waals surface area contributed by atoms with E-state index in [0.717, 1.165) is 0 Å². The fourth-order valence-electron chi connectivity index (χ4n) is 3.12. The molecule has 3 aromatic rings. The van der Waals surface area contributed by atoms with Crippen molar-refractivity contribution < 1.29 is 18.3 Å². The van der Waals surface area contributed by atoms with Gasteiger partial charge in [0.25, 0.3) is 12.0 Å². The Morgan fingerprint density at radius 2 is 1.77 bits per heavy atom. The van der Waals surface area contributed by atoms with Crippen molar-refractivity contribution in [2.75, 3.05) is 0 Å². The molecule has 1 heterocycles. The molecule has 1 amide bonds. The first-order chi connectivity index (χ1) is 14.1. The van der Waals surface area contributed by atoms with E-state index in [1.807, 2.05) is 0 Å². The number of alkyl carbamates (subject to hydrolysis) is 1. The number of amides is 1. The summed E-state index contributed by atoms with van der Waals surface area (Å²) in [5, 5.41) is 2.51. The van der Waals surface area contributed by atoms with Crippen molar-refractivity contribution in [3.05, 3.63) is 70.3 Å². The normalized spacial score (nSPS) is 12.8. The molecule has 8 heteroatoms. The van der Waals surface area contributed by atoms with Crippen LogP contribution < -0.4 is 10.9 Å². The molecule has 0 bridgehead atoms. The smallest absolute Gasteiger partial charge is 0.408 e. The third-order valence-electron chi connectivity index (χ3n) is 4.33. The minimum atomic E-state index is -2.82. The van der Waals surface area contributed by atoms with Gasteiger partial charge in [0, 0.05) is 5.56 Å². The van der Waals surface area contributed by atoms with Crippen LogP contribution in [0.25, 0.3) is 16.6 Å². The quantitative estimate of drug-likeness (QED) is 0.657. The average Bonchev–Trinajstić information content (AvgIpc) is 2.66. The van der Waals surface area contributed by atoms with Crippen LogP contribution in [0.3, 0.4) is 0 Å². The minimum Gasteiger partial charge on any atom is -0.444 e. The van der Waals surface area contributed by atoms with Gasteiger partial charge in [-0.15, -0.1) is 0 Å². The number of hydrogen-bond donors (Lipinski definition) is 1. The van der Waals surface area contributed by atoms with Gasteiger partial charge in [-0.05, 0) is 45.9 Å². The maximum Gasteiger partial charge on any atom is 0.408 e. The number of fused-ring (bicyclic) bond motifs is 1. The van der Waals surface area contributed by atoms with Crippen molar-refractivity contribution in [3.8, 4) is 5.69 Å². The predicted octanol–water partition coefficient (Wildman–Crippen LogP) is 4.91. The fourth-order valence-corrected chi connectivity index (χ4v) is 3.12. The highest BCUT2D eigenvalue weighted by atomic mass is 19.3. The molecule has 0 fully saturated rings. The van der Waals surface area contributed by atoms with Gasteiger partial charge in [0.15, 0.2) is 0 Å². The Morgan fingerprint density at radius 3 is 2.37 bits per heavy atom. The average molecular weight is 415 g/mol. The molecule has 1 unspecified atom stereocenters. The molecule has 1 aromatic heterocycles. The summed E-state index contributed by atoms with van der Waals surface area (Å²) in [5.41, 5.74) is -1.12. The summed E-state index contributed by atoms with van der Waals surface area (Å²) in [6, 6.07) is 12.0. The molecule has 3 rings (SSSR count). The lowest BCUT2D eigenvalue weighted by Crippen LogP contribution is -2.37. The highest BCUT2D eigenvalue weighted by molar-refractivity contribution is 5.82. The zero-order valence-electron chi connectivity index (χ0n) is 17.1.